The van der Waals surface area contributed by atoms with Crippen LogP contribution >= 0.6 is 0 Å². The maximum Gasteiger partial charge on any atom is 0.326 e. The molecule has 2 heterocycles. The highest BCUT2D eigenvalue weighted by Gasteiger charge is 2.42. The highest BCUT2D eigenvalue weighted by Crippen LogP contribution is 2.25. The Balaban J connectivity index is 1.47. The molecule has 2 aromatic carbocycles. The van der Waals surface area contributed by atoms with Gasteiger partial charge in [-0.3, -0.25) is 14.4 Å². The third-order valence-corrected chi connectivity index (χ3v) is 7.60. The van der Waals surface area contributed by atoms with Crippen molar-refractivity contribution < 1.29 is 24.3 Å². The summed E-state index contributed by atoms with van der Waals surface area (Å²) in [7, 11) is 0. The molecule has 0 aromatic heterocycles. The van der Waals surface area contributed by atoms with Crippen LogP contribution in [0.5, 0.6) is 0 Å². The van der Waals surface area contributed by atoms with Gasteiger partial charge in [0, 0.05) is 32.0 Å². The van der Waals surface area contributed by atoms with Gasteiger partial charge in [-0.25, -0.2) is 4.79 Å². The highest BCUT2D eigenvalue weighted by atomic mass is 16.4. The number of piperidine rings is 1. The van der Waals surface area contributed by atoms with E-state index >= 15 is 0 Å². The number of hydrogen-bond acceptors (Lipinski definition) is 5. The molecule has 4 atom stereocenters. The average molecular weight is 535 g/mol. The second-order valence-corrected chi connectivity index (χ2v) is 10.5. The number of carboxylic acid groups (broad SMARTS) is 1. The molecule has 39 heavy (non-hydrogen) atoms. The molecule has 4 rings (SSSR count). The molecule has 9 heteroatoms. The Kier molecular flexibility index (Phi) is 9.70. The average Bonchev–Trinajstić information content (AvgIpc) is 3.43. The van der Waals surface area contributed by atoms with Gasteiger partial charge in [-0.15, -0.1) is 0 Å². The number of nitrogens with two attached hydrogens (primary N) is 1. The fourth-order valence-electron chi connectivity index (χ4n) is 5.66. The summed E-state index contributed by atoms with van der Waals surface area (Å²) in [4.78, 5) is 55.2. The first-order valence-corrected chi connectivity index (χ1v) is 13.8. The molecule has 4 unspecified atom stereocenters. The first kappa shape index (κ1) is 28.3. The second-order valence-electron chi connectivity index (χ2n) is 10.5. The van der Waals surface area contributed by atoms with Gasteiger partial charge < -0.3 is 26.0 Å². The van der Waals surface area contributed by atoms with Crippen LogP contribution in [-0.4, -0.2) is 75.9 Å². The molecule has 2 aliphatic heterocycles. The van der Waals surface area contributed by atoms with E-state index in [1.807, 2.05) is 60.7 Å². The standard InChI is InChI=1S/C30H38N4O5/c31-23(18-21-10-3-1-4-11-21)20-27(35)32-24(19-22-12-5-2-6-13-22)28(36)33-17-9-15-25(33)29(37)34-16-8-7-14-26(34)30(38)39/h1-6,10-13,23-26H,7-9,14-20,31H2,(H,32,35)(H,38,39). The highest BCUT2D eigenvalue weighted by molar-refractivity contribution is 5.94. The van der Waals surface area contributed by atoms with Crippen molar-refractivity contribution in [2.45, 2.75) is 75.5 Å². The van der Waals surface area contributed by atoms with Crippen molar-refractivity contribution in [1.29, 1.82) is 0 Å². The van der Waals surface area contributed by atoms with Crippen LogP contribution in [0.3, 0.4) is 0 Å². The summed E-state index contributed by atoms with van der Waals surface area (Å²) in [5.41, 5.74) is 8.18. The van der Waals surface area contributed by atoms with Crippen molar-refractivity contribution in [3.05, 3.63) is 71.8 Å². The molecule has 2 aromatic rings. The summed E-state index contributed by atoms with van der Waals surface area (Å²) in [5, 5.41) is 12.6. The fourth-order valence-corrected chi connectivity index (χ4v) is 5.66. The van der Waals surface area contributed by atoms with Gasteiger partial charge in [0.25, 0.3) is 0 Å². The minimum Gasteiger partial charge on any atom is -0.480 e. The molecule has 0 saturated carbocycles. The van der Waals surface area contributed by atoms with Crippen LogP contribution in [-0.2, 0) is 32.0 Å². The number of carbonyl (C=O) groups excluding carboxylic acids is 3. The van der Waals surface area contributed by atoms with E-state index in [-0.39, 0.29) is 30.6 Å². The Labute approximate surface area is 229 Å². The summed E-state index contributed by atoms with van der Waals surface area (Å²) in [5.74, 6) is -1.98. The summed E-state index contributed by atoms with van der Waals surface area (Å²) in [6.07, 6.45) is 3.90. The minimum absolute atomic E-state index is 0.0594. The number of rotatable bonds is 10. The third-order valence-electron chi connectivity index (χ3n) is 7.60. The lowest BCUT2D eigenvalue weighted by atomic mass is 10.00. The quantitative estimate of drug-likeness (QED) is 0.428. The lowest BCUT2D eigenvalue weighted by Gasteiger charge is -2.37. The maximum absolute atomic E-state index is 13.9. The molecular weight excluding hydrogens is 496 g/mol. The number of benzene rings is 2. The SMILES string of the molecule is NC(CC(=O)NC(Cc1ccccc1)C(=O)N1CCCC1C(=O)N1CCCCC1C(=O)O)Cc1ccccc1. The second kappa shape index (κ2) is 13.4. The Hall–Kier alpha value is -3.72. The van der Waals surface area contributed by atoms with Crippen molar-refractivity contribution in [2.24, 2.45) is 5.73 Å². The minimum atomic E-state index is -1.01. The van der Waals surface area contributed by atoms with E-state index < -0.39 is 30.1 Å². The summed E-state index contributed by atoms with van der Waals surface area (Å²) < 4.78 is 0. The topological polar surface area (TPSA) is 133 Å². The van der Waals surface area contributed by atoms with Crippen molar-refractivity contribution >= 4 is 23.7 Å². The molecule has 2 aliphatic rings. The molecule has 9 nitrogen and oxygen atoms in total. The Bertz CT molecular complexity index is 1140. The van der Waals surface area contributed by atoms with Gasteiger partial charge in [0.05, 0.1) is 0 Å². The Morgan fingerprint density at radius 1 is 0.821 bits per heavy atom. The number of likely N-dealkylation sites (tertiary alicyclic amines) is 2. The number of hydrogen-bond donors (Lipinski definition) is 3. The van der Waals surface area contributed by atoms with E-state index in [9.17, 15) is 24.3 Å². The van der Waals surface area contributed by atoms with Crippen LogP contribution in [0.2, 0.25) is 0 Å². The monoisotopic (exact) mass is 534 g/mol. The van der Waals surface area contributed by atoms with E-state index in [0.717, 1.165) is 24.0 Å². The molecule has 0 aliphatic carbocycles. The van der Waals surface area contributed by atoms with E-state index in [1.165, 1.54) is 9.80 Å². The zero-order valence-corrected chi connectivity index (χ0v) is 22.2. The van der Waals surface area contributed by atoms with E-state index in [0.29, 0.717) is 38.8 Å². The lowest BCUT2D eigenvalue weighted by molar-refractivity contribution is -0.156. The summed E-state index contributed by atoms with van der Waals surface area (Å²) in [6.45, 7) is 0.757. The van der Waals surface area contributed by atoms with Crippen LogP contribution in [0.25, 0.3) is 0 Å². The fraction of sp³-hybridized carbons (Fsp3) is 0.467. The number of amides is 3. The van der Waals surface area contributed by atoms with Gasteiger partial charge in [-0.05, 0) is 49.7 Å². The summed E-state index contributed by atoms with van der Waals surface area (Å²) >= 11 is 0. The van der Waals surface area contributed by atoms with E-state index in [1.54, 1.807) is 0 Å². The zero-order valence-electron chi connectivity index (χ0n) is 22.2. The molecule has 3 amide bonds. The van der Waals surface area contributed by atoms with E-state index in [4.69, 9.17) is 5.73 Å². The number of aliphatic carboxylic acids is 1. The van der Waals surface area contributed by atoms with Gasteiger partial charge >= 0.3 is 5.97 Å². The van der Waals surface area contributed by atoms with Crippen molar-refractivity contribution in [3.63, 3.8) is 0 Å². The zero-order chi connectivity index (χ0) is 27.8. The summed E-state index contributed by atoms with van der Waals surface area (Å²) in [6, 6.07) is 16.2. The molecule has 2 saturated heterocycles. The van der Waals surface area contributed by atoms with Crippen LogP contribution in [0.1, 0.15) is 49.7 Å². The smallest absolute Gasteiger partial charge is 0.326 e. The number of nitrogens with zero attached hydrogens (tertiary/aromatic N) is 2. The first-order valence-electron chi connectivity index (χ1n) is 13.8. The molecule has 208 valence electrons. The number of carbonyl (C=O) groups is 4. The van der Waals surface area contributed by atoms with Crippen molar-refractivity contribution in [2.75, 3.05) is 13.1 Å². The first-order chi connectivity index (χ1) is 18.8. The van der Waals surface area contributed by atoms with Crippen molar-refractivity contribution in [1.82, 2.24) is 15.1 Å². The maximum atomic E-state index is 13.9. The molecule has 0 bridgehead atoms. The van der Waals surface area contributed by atoms with Gasteiger partial charge in [0.15, 0.2) is 0 Å². The van der Waals surface area contributed by atoms with Gasteiger partial charge in [0.1, 0.15) is 18.1 Å². The van der Waals surface area contributed by atoms with Gasteiger partial charge in [-0.2, -0.15) is 0 Å². The molecule has 4 N–H and O–H groups in total. The van der Waals surface area contributed by atoms with Gasteiger partial charge in [-0.1, -0.05) is 60.7 Å². The van der Waals surface area contributed by atoms with Crippen molar-refractivity contribution in [3.8, 4) is 0 Å². The number of nitrogens with one attached hydrogen (secondary N) is 1. The van der Waals surface area contributed by atoms with E-state index in [2.05, 4.69) is 5.32 Å². The van der Waals surface area contributed by atoms with Crippen LogP contribution in [0.15, 0.2) is 60.7 Å². The largest absolute Gasteiger partial charge is 0.480 e. The molecule has 0 radical (unpaired) electrons. The van der Waals surface area contributed by atoms with Crippen LogP contribution in [0.4, 0.5) is 0 Å². The third kappa shape index (κ3) is 7.44. The number of carboxylic acids is 1. The Morgan fingerprint density at radius 2 is 1.41 bits per heavy atom. The molecule has 2 fully saturated rings. The van der Waals surface area contributed by atoms with Crippen LogP contribution in [0, 0.1) is 0 Å². The van der Waals surface area contributed by atoms with Gasteiger partial charge in [0.2, 0.25) is 17.7 Å². The molecular formula is C30H38N4O5. The normalized spacial score (nSPS) is 20.7. The van der Waals surface area contributed by atoms with Crippen LogP contribution < -0.4 is 11.1 Å². The molecule has 0 spiro atoms. The Morgan fingerprint density at radius 3 is 2.05 bits per heavy atom. The predicted octanol–water partition coefficient (Wildman–Crippen LogP) is 2.13. The lowest BCUT2D eigenvalue weighted by Crippen LogP contribution is -2.58. The predicted molar refractivity (Wildman–Crippen MR) is 147 cm³/mol.